The first-order chi connectivity index (χ1) is 1.73. The Balaban J connectivity index is 0. The molecule has 26 valence electrons. The zero-order valence-electron chi connectivity index (χ0n) is 2.25. The van der Waals surface area contributed by atoms with Crippen molar-refractivity contribution in [2.45, 2.75) is 0 Å². The van der Waals surface area contributed by atoms with E-state index in [1.165, 1.54) is 0 Å². The number of hydrogen-bond donors (Lipinski definition) is 0. The van der Waals surface area contributed by atoms with E-state index < -0.39 is 8.60 Å². The number of hydrogen-bond acceptors (Lipinski definition) is 3. The van der Waals surface area contributed by atoms with Gasteiger partial charge >= 0.3 is 27.3 Å². The summed E-state index contributed by atoms with van der Waals surface area (Å²) in [6.07, 6.45) is 0. The monoisotopic (exact) mass is 284 g/mol. The fraction of sp³-hybridized carbons (Fsp3) is 0. The Hall–Kier alpha value is 1.23. The summed E-state index contributed by atoms with van der Waals surface area (Å²) in [5, 5.41) is 0. The molecule has 0 aromatic heterocycles. The Labute approximate surface area is 50.8 Å². The van der Waals surface area contributed by atoms with Crippen LogP contribution in [0.3, 0.4) is 0 Å². The Morgan fingerprint density at radius 3 is 1.00 bits per heavy atom. The molecule has 0 atom stereocenters. The molecule has 3 nitrogen and oxygen atoms in total. The van der Waals surface area contributed by atoms with Crippen molar-refractivity contribution in [1.29, 1.82) is 0 Å². The fourth-order valence-corrected chi connectivity index (χ4v) is 0. The molecule has 5 heavy (non-hydrogen) atoms. The van der Waals surface area contributed by atoms with Crippen LogP contribution in [0.5, 0.6) is 0 Å². The molecule has 0 rings (SSSR count). The molecule has 0 aliphatic rings. The van der Waals surface area contributed by atoms with Crippen LogP contribution in [0.1, 0.15) is 0 Å². The van der Waals surface area contributed by atoms with Crippen LogP contribution in [0.25, 0.3) is 0 Å². The molecule has 0 radical (unpaired) electrons. The van der Waals surface area contributed by atoms with Crippen molar-refractivity contribution >= 4 is 35.9 Å². The largest absolute Gasteiger partial charge is 3.00 e. The second-order valence-corrected chi connectivity index (χ2v) is 0.671. The molecule has 0 heterocycles. The zero-order chi connectivity index (χ0) is 3.58. The summed E-state index contributed by atoms with van der Waals surface area (Å²) in [5.41, 5.74) is 0. The zero-order valence-corrected chi connectivity index (χ0v) is 7.63. The minimum absolute atomic E-state index is 0. The predicted octanol–water partition coefficient (Wildman–Crippen LogP) is -3.09. The molecule has 0 bridgehead atoms. The van der Waals surface area contributed by atoms with E-state index in [4.69, 9.17) is 14.7 Å². The second-order valence-electron chi connectivity index (χ2n) is 0.224. The molecule has 0 spiro atoms. The summed E-state index contributed by atoms with van der Waals surface area (Å²) in [6.45, 7) is 0. The van der Waals surface area contributed by atoms with Crippen LogP contribution in [0.15, 0.2) is 0 Å². The third-order valence-electron chi connectivity index (χ3n) is 0. The van der Waals surface area contributed by atoms with Crippen molar-refractivity contribution in [3.05, 3.63) is 0 Å². The summed E-state index contributed by atoms with van der Waals surface area (Å²) in [6, 6.07) is 0. The van der Waals surface area contributed by atoms with E-state index in [0.29, 0.717) is 0 Å². The third-order valence-corrected chi connectivity index (χ3v) is 0. The summed E-state index contributed by atoms with van der Waals surface area (Å²) in [5.74, 6) is 0. The Morgan fingerprint density at radius 2 is 1.00 bits per heavy atom. The quantitative estimate of drug-likeness (QED) is 0.350. The first kappa shape index (κ1) is 9.53. The minimum atomic E-state index is -3.37. The summed E-state index contributed by atoms with van der Waals surface area (Å²) in [7, 11) is -3.37. The van der Waals surface area contributed by atoms with E-state index >= 15 is 0 Å². The molecule has 0 fully saturated rings. The Bertz CT molecular complexity index is 11.6. The standard InChI is InChI=1S/O3P.Tl/c1-4(2)3;/q-3;+3. The molecule has 0 unspecified atom stereocenters. The van der Waals surface area contributed by atoms with E-state index in [9.17, 15) is 0 Å². The Kier molecular flexibility index (Phi) is 9.97. The van der Waals surface area contributed by atoms with Crippen LogP contribution in [-0.4, -0.2) is 27.3 Å². The summed E-state index contributed by atoms with van der Waals surface area (Å²) < 4.78 is 0. The van der Waals surface area contributed by atoms with Gasteiger partial charge in [0.05, 0.1) is 0 Å². The van der Waals surface area contributed by atoms with Gasteiger partial charge in [0, 0.05) is 0 Å². The molecule has 0 aromatic rings. The van der Waals surface area contributed by atoms with E-state index in [1.807, 2.05) is 0 Å². The van der Waals surface area contributed by atoms with Crippen LogP contribution in [0.4, 0.5) is 0 Å². The molecule has 5 heteroatoms. The van der Waals surface area contributed by atoms with Crippen LogP contribution in [0, 0.1) is 0 Å². The van der Waals surface area contributed by atoms with Crippen LogP contribution < -0.4 is 14.7 Å². The molecular weight excluding hydrogens is 283 g/mol. The van der Waals surface area contributed by atoms with Crippen molar-refractivity contribution in [3.8, 4) is 0 Å². The maximum absolute atomic E-state index is 8.48. The normalized spacial score (nSPS) is 7.20. The van der Waals surface area contributed by atoms with Crippen molar-refractivity contribution in [1.82, 2.24) is 0 Å². The van der Waals surface area contributed by atoms with Crippen LogP contribution in [-0.2, 0) is 0 Å². The molecular formula is O3PTl. The minimum Gasteiger partial charge on any atom is -0.854 e. The molecule has 0 saturated heterocycles. The van der Waals surface area contributed by atoms with Gasteiger partial charge in [0.25, 0.3) is 0 Å². The topological polar surface area (TPSA) is 69.2 Å². The van der Waals surface area contributed by atoms with E-state index in [-0.39, 0.29) is 27.3 Å². The third kappa shape index (κ3) is 36.0. The maximum atomic E-state index is 8.48. The SMILES string of the molecule is [O-]P([O-])[O-].[Tl+3]. The molecule has 0 aliphatic heterocycles. The van der Waals surface area contributed by atoms with Crippen molar-refractivity contribution < 1.29 is 14.7 Å². The van der Waals surface area contributed by atoms with Gasteiger partial charge in [-0.05, 0) is 0 Å². The van der Waals surface area contributed by atoms with Crippen molar-refractivity contribution in [3.63, 3.8) is 0 Å². The molecule has 0 N–H and O–H groups in total. The van der Waals surface area contributed by atoms with Gasteiger partial charge in [-0.3, -0.25) is 0 Å². The molecule has 0 aromatic carbocycles. The summed E-state index contributed by atoms with van der Waals surface area (Å²) in [4.78, 5) is 25.4. The maximum Gasteiger partial charge on any atom is 3.00 e. The first-order valence-electron chi connectivity index (χ1n) is 0.548. The predicted molar refractivity (Wildman–Crippen MR) is 12.7 cm³/mol. The van der Waals surface area contributed by atoms with Gasteiger partial charge in [-0.15, -0.1) is 0 Å². The van der Waals surface area contributed by atoms with Crippen molar-refractivity contribution in [2.24, 2.45) is 0 Å². The number of rotatable bonds is 0. The van der Waals surface area contributed by atoms with Gasteiger partial charge in [0.15, 0.2) is 0 Å². The van der Waals surface area contributed by atoms with Gasteiger partial charge in [-0.1, -0.05) is 0 Å². The van der Waals surface area contributed by atoms with E-state index in [2.05, 4.69) is 0 Å². The van der Waals surface area contributed by atoms with Gasteiger partial charge in [0.1, 0.15) is 0 Å². The molecule has 0 aliphatic carbocycles. The molecule has 0 saturated carbocycles. The van der Waals surface area contributed by atoms with Crippen molar-refractivity contribution in [2.75, 3.05) is 0 Å². The average Bonchev–Trinajstić information content (AvgIpc) is 0.811. The second kappa shape index (κ2) is 5.23. The van der Waals surface area contributed by atoms with Gasteiger partial charge < -0.3 is 23.3 Å². The summed E-state index contributed by atoms with van der Waals surface area (Å²) >= 11 is 0. The van der Waals surface area contributed by atoms with Gasteiger partial charge in [0.2, 0.25) is 0 Å². The fourth-order valence-electron chi connectivity index (χ4n) is 0. The Morgan fingerprint density at radius 1 is 1.00 bits per heavy atom. The first-order valence-corrected chi connectivity index (χ1v) is 1.64. The smallest absolute Gasteiger partial charge is 0.854 e. The molecule has 0 amide bonds. The van der Waals surface area contributed by atoms with Gasteiger partial charge in [-0.25, -0.2) is 0 Å². The van der Waals surface area contributed by atoms with Gasteiger partial charge in [-0.2, -0.15) is 0 Å². The van der Waals surface area contributed by atoms with Crippen LogP contribution in [0.2, 0.25) is 0 Å². The van der Waals surface area contributed by atoms with E-state index in [1.54, 1.807) is 0 Å². The average molecular weight is 283 g/mol. The van der Waals surface area contributed by atoms with E-state index in [0.717, 1.165) is 0 Å². The van der Waals surface area contributed by atoms with Crippen LogP contribution >= 0.6 is 8.60 Å².